The van der Waals surface area contributed by atoms with Crippen LogP contribution >= 0.6 is 11.3 Å². The number of carbonyl (C=O) groups excluding carboxylic acids is 1. The van der Waals surface area contributed by atoms with E-state index in [-0.39, 0.29) is 5.92 Å². The topological polar surface area (TPSA) is 44.1 Å². The molecule has 1 aromatic heterocycles. The number of aldehydes is 1. The van der Waals surface area contributed by atoms with Crippen LogP contribution in [0.25, 0.3) is 0 Å². The van der Waals surface area contributed by atoms with E-state index in [0.717, 1.165) is 42.8 Å². The summed E-state index contributed by atoms with van der Waals surface area (Å²) >= 11 is 1.46. The van der Waals surface area contributed by atoms with E-state index in [9.17, 15) is 4.79 Å². The summed E-state index contributed by atoms with van der Waals surface area (Å²) in [6.45, 7) is 1.79. The maximum absolute atomic E-state index is 10.6. The molecule has 0 radical (unpaired) electrons. The summed E-state index contributed by atoms with van der Waals surface area (Å²) in [5.74, 6) is 0.137. The van der Waals surface area contributed by atoms with Crippen LogP contribution in [0.15, 0.2) is 11.4 Å². The minimum Gasteiger partial charge on any atom is -0.370 e. The fourth-order valence-electron chi connectivity index (χ4n) is 1.89. The van der Waals surface area contributed by atoms with E-state index < -0.39 is 0 Å². The molecule has 0 spiro atoms. The third-order valence-corrected chi connectivity index (χ3v) is 3.54. The van der Waals surface area contributed by atoms with Crippen molar-refractivity contribution in [2.75, 3.05) is 18.0 Å². The summed E-state index contributed by atoms with van der Waals surface area (Å²) in [6, 6.07) is 4.22. The van der Waals surface area contributed by atoms with Crippen molar-refractivity contribution in [3.8, 4) is 6.07 Å². The van der Waals surface area contributed by atoms with Gasteiger partial charge in [-0.25, -0.2) is 0 Å². The monoisotopic (exact) mass is 220 g/mol. The van der Waals surface area contributed by atoms with Crippen molar-refractivity contribution in [2.24, 2.45) is 5.92 Å². The van der Waals surface area contributed by atoms with Crippen LogP contribution in [0.1, 0.15) is 22.5 Å². The number of rotatable bonds is 2. The van der Waals surface area contributed by atoms with Crippen molar-refractivity contribution >= 4 is 23.3 Å². The van der Waals surface area contributed by atoms with Gasteiger partial charge in [-0.05, 0) is 18.9 Å². The van der Waals surface area contributed by atoms with Crippen LogP contribution in [0.3, 0.4) is 0 Å². The quantitative estimate of drug-likeness (QED) is 0.718. The number of piperidine rings is 1. The summed E-state index contributed by atoms with van der Waals surface area (Å²) in [4.78, 5) is 13.5. The Labute approximate surface area is 92.9 Å². The molecule has 0 N–H and O–H groups in total. The molecule has 0 amide bonds. The number of carbonyl (C=O) groups is 1. The highest BCUT2D eigenvalue weighted by Crippen LogP contribution is 2.26. The molecule has 4 heteroatoms. The van der Waals surface area contributed by atoms with Crippen molar-refractivity contribution in [3.05, 3.63) is 16.3 Å². The van der Waals surface area contributed by atoms with E-state index in [0.29, 0.717) is 0 Å². The normalized spacial score (nSPS) is 21.0. The van der Waals surface area contributed by atoms with Crippen molar-refractivity contribution in [1.82, 2.24) is 0 Å². The van der Waals surface area contributed by atoms with Gasteiger partial charge in [0.25, 0.3) is 0 Å². The SMILES string of the molecule is N#CC1CCCN(c2csc(C=O)c2)C1. The minimum absolute atomic E-state index is 0.137. The number of anilines is 1. The fourth-order valence-corrected chi connectivity index (χ4v) is 2.61. The molecule has 2 rings (SSSR count). The first-order valence-corrected chi connectivity index (χ1v) is 5.89. The van der Waals surface area contributed by atoms with Crippen LogP contribution in [0.5, 0.6) is 0 Å². The van der Waals surface area contributed by atoms with Gasteiger partial charge >= 0.3 is 0 Å². The van der Waals surface area contributed by atoms with Crippen LogP contribution in [-0.4, -0.2) is 19.4 Å². The molecule has 1 atom stereocenters. The molecule has 0 saturated carbocycles. The molecule has 1 fully saturated rings. The summed E-state index contributed by atoms with van der Waals surface area (Å²) < 4.78 is 0. The van der Waals surface area contributed by atoms with Crippen molar-refractivity contribution in [3.63, 3.8) is 0 Å². The molecule has 3 nitrogen and oxygen atoms in total. The Morgan fingerprint density at radius 2 is 2.53 bits per heavy atom. The average Bonchev–Trinajstić information content (AvgIpc) is 2.78. The van der Waals surface area contributed by atoms with Crippen LogP contribution in [-0.2, 0) is 0 Å². The molecular weight excluding hydrogens is 208 g/mol. The standard InChI is InChI=1S/C11H12N2OS/c12-5-9-2-1-3-13(6-9)10-4-11(7-14)15-8-10/h4,7-9H,1-3,6H2. The molecule has 0 bridgehead atoms. The molecular formula is C11H12N2OS. The van der Waals surface area contributed by atoms with Crippen molar-refractivity contribution in [2.45, 2.75) is 12.8 Å². The smallest absolute Gasteiger partial charge is 0.160 e. The van der Waals surface area contributed by atoms with Crippen molar-refractivity contribution < 1.29 is 4.79 Å². The lowest BCUT2D eigenvalue weighted by Gasteiger charge is -2.30. The molecule has 1 unspecified atom stereocenters. The maximum Gasteiger partial charge on any atom is 0.160 e. The van der Waals surface area contributed by atoms with Gasteiger partial charge in [0, 0.05) is 24.2 Å². The summed E-state index contributed by atoms with van der Waals surface area (Å²) in [5.41, 5.74) is 1.09. The maximum atomic E-state index is 10.6. The molecule has 1 aliphatic rings. The Morgan fingerprint density at radius 1 is 1.67 bits per heavy atom. The van der Waals surface area contributed by atoms with Crippen LogP contribution in [0.2, 0.25) is 0 Å². The lowest BCUT2D eigenvalue weighted by atomic mass is 9.99. The molecule has 78 valence electrons. The Balaban J connectivity index is 2.10. The van der Waals surface area contributed by atoms with Crippen LogP contribution in [0.4, 0.5) is 5.69 Å². The van der Waals surface area contributed by atoms with Crippen molar-refractivity contribution in [1.29, 1.82) is 5.26 Å². The first kappa shape index (κ1) is 10.2. The van der Waals surface area contributed by atoms with Crippen LogP contribution in [0, 0.1) is 17.2 Å². The van der Waals surface area contributed by atoms with Gasteiger partial charge in [-0.3, -0.25) is 4.79 Å². The third-order valence-electron chi connectivity index (χ3n) is 2.69. The number of nitrogens with zero attached hydrogens (tertiary/aromatic N) is 2. The van der Waals surface area contributed by atoms with Gasteiger partial charge in [-0.15, -0.1) is 11.3 Å². The number of hydrogen-bond acceptors (Lipinski definition) is 4. The average molecular weight is 220 g/mol. The Kier molecular flexibility index (Phi) is 3.02. The zero-order valence-electron chi connectivity index (χ0n) is 8.35. The molecule has 0 aromatic carbocycles. The van der Waals surface area contributed by atoms with E-state index in [1.807, 2.05) is 11.4 Å². The van der Waals surface area contributed by atoms with Gasteiger partial charge < -0.3 is 4.90 Å². The second kappa shape index (κ2) is 4.45. The third kappa shape index (κ3) is 2.18. The zero-order valence-corrected chi connectivity index (χ0v) is 9.17. The molecule has 15 heavy (non-hydrogen) atoms. The molecule has 1 aliphatic heterocycles. The second-order valence-electron chi connectivity index (χ2n) is 3.74. The predicted molar refractivity (Wildman–Crippen MR) is 60.3 cm³/mol. The van der Waals surface area contributed by atoms with Gasteiger partial charge in [-0.1, -0.05) is 0 Å². The number of thiophene rings is 1. The van der Waals surface area contributed by atoms with Crippen LogP contribution < -0.4 is 4.90 Å². The van der Waals surface area contributed by atoms with E-state index >= 15 is 0 Å². The zero-order chi connectivity index (χ0) is 10.7. The lowest BCUT2D eigenvalue weighted by Crippen LogP contribution is -2.34. The number of hydrogen-bond donors (Lipinski definition) is 0. The van der Waals surface area contributed by atoms with Gasteiger partial charge in [0.15, 0.2) is 6.29 Å². The molecule has 1 saturated heterocycles. The second-order valence-corrected chi connectivity index (χ2v) is 4.68. The first-order chi connectivity index (χ1) is 7.33. The predicted octanol–water partition coefficient (Wildman–Crippen LogP) is 2.30. The summed E-state index contributed by atoms with van der Waals surface area (Å²) in [6.07, 6.45) is 2.93. The van der Waals surface area contributed by atoms with Gasteiger partial charge in [0.05, 0.1) is 16.9 Å². The fraction of sp³-hybridized carbons (Fsp3) is 0.455. The van der Waals surface area contributed by atoms with E-state index in [1.165, 1.54) is 11.3 Å². The first-order valence-electron chi connectivity index (χ1n) is 5.02. The highest BCUT2D eigenvalue weighted by molar-refractivity contribution is 7.12. The van der Waals surface area contributed by atoms with Gasteiger partial charge in [0.2, 0.25) is 0 Å². The Hall–Kier alpha value is -1.34. The molecule has 1 aromatic rings. The lowest BCUT2D eigenvalue weighted by molar-refractivity contribution is 0.112. The van der Waals surface area contributed by atoms with Gasteiger partial charge in [-0.2, -0.15) is 5.26 Å². The summed E-state index contributed by atoms with van der Waals surface area (Å²) in [5, 5.41) is 10.9. The Morgan fingerprint density at radius 3 is 3.20 bits per heavy atom. The van der Waals surface area contributed by atoms with E-state index in [1.54, 1.807) is 0 Å². The minimum atomic E-state index is 0.137. The molecule has 2 heterocycles. The number of nitriles is 1. The highest BCUT2D eigenvalue weighted by Gasteiger charge is 2.20. The Bertz CT molecular complexity index is 394. The highest BCUT2D eigenvalue weighted by atomic mass is 32.1. The van der Waals surface area contributed by atoms with Gasteiger partial charge in [0.1, 0.15) is 0 Å². The largest absolute Gasteiger partial charge is 0.370 e. The summed E-state index contributed by atoms with van der Waals surface area (Å²) in [7, 11) is 0. The molecule has 0 aliphatic carbocycles. The van der Waals surface area contributed by atoms with E-state index in [2.05, 4.69) is 11.0 Å². The van der Waals surface area contributed by atoms with E-state index in [4.69, 9.17) is 5.26 Å².